The number of aromatic hydroxyl groups is 1. The van der Waals surface area contributed by atoms with Gasteiger partial charge in [0, 0.05) is 91.6 Å². The fourth-order valence-electron chi connectivity index (χ4n) is 11.4. The minimum Gasteiger partial charge on any atom is -0.508 e. The first-order valence-electron chi connectivity index (χ1n) is 30.5. The van der Waals surface area contributed by atoms with Crippen LogP contribution in [0.3, 0.4) is 0 Å². The van der Waals surface area contributed by atoms with E-state index in [1.54, 1.807) is 30.3 Å². The molecule has 3 amide bonds. The van der Waals surface area contributed by atoms with Crippen molar-refractivity contribution in [3.63, 3.8) is 0 Å². The van der Waals surface area contributed by atoms with Crippen LogP contribution in [-0.2, 0) is 90.9 Å². The first-order chi connectivity index (χ1) is 46.7. The molecule has 524 valence electrons. The van der Waals surface area contributed by atoms with Gasteiger partial charge in [-0.2, -0.15) is 39.5 Å². The van der Waals surface area contributed by atoms with Crippen LogP contribution in [-0.4, -0.2) is 105 Å². The van der Waals surface area contributed by atoms with Crippen molar-refractivity contribution in [1.82, 2.24) is 44.6 Å². The first kappa shape index (κ1) is 73.9. The summed E-state index contributed by atoms with van der Waals surface area (Å²) in [5.41, 5.74) is 19.7. The van der Waals surface area contributed by atoms with E-state index in [-0.39, 0.29) is 141 Å². The van der Waals surface area contributed by atoms with Gasteiger partial charge in [-0.15, -0.1) is 0 Å². The molecule has 5 aromatic carbocycles. The van der Waals surface area contributed by atoms with Crippen molar-refractivity contribution < 1.29 is 85.3 Å². The Bertz CT molecular complexity index is 4230. The van der Waals surface area contributed by atoms with E-state index >= 15 is 0 Å². The van der Waals surface area contributed by atoms with Gasteiger partial charge in [0.25, 0.3) is 0 Å². The van der Waals surface area contributed by atoms with Gasteiger partial charge >= 0.3 is 18.5 Å². The highest BCUT2D eigenvalue weighted by Gasteiger charge is 2.42. The molecular formula is C67H60ClF15N12O4. The maximum absolute atomic E-state index is 14.0. The molecule has 0 saturated carbocycles. The van der Waals surface area contributed by atoms with E-state index in [1.807, 2.05) is 0 Å². The maximum Gasteiger partial charge on any atom is 0.451 e. The standard InChI is InChI=1S/C25H22F6N4O.C24H20ClF5N4O.C18H18F4N4O2/c26-18-12-20(28)19(27)10-16(18)9-17(32)11-22(36)35-7-6-15-13-33-24(25(29,30)31)34-23(15)21(35)8-14-4-2-1-3-5-14;25-15-3-1-13(2-4-15)23-32-20-12-34(8-7-18(20)22(33-23)24(28,29)30)21(35)11-17(31)10-14-9-16(26)5-6-19(14)27;19-12-1-2-15(27)11(5-12)6-13(23)7-16(28)26-4-3-10-8-24-17(18(20,21)22)25-14(10)9-26/h1-5,10,12-13,17,21H,6-9,11,32H2;1-6,9,17H,7-8,10-12,31H2;1-2,5,8,13,27H,3-4,6-7,9,23H2/t17-,21?;17-;13-/m111/s1. The van der Waals surface area contributed by atoms with Crippen LogP contribution in [0.5, 0.6) is 5.75 Å². The molecule has 4 atom stereocenters. The number of aromatic nitrogens is 6. The lowest BCUT2D eigenvalue weighted by Gasteiger charge is -2.37. The average molecular weight is 1420 g/mol. The zero-order chi connectivity index (χ0) is 71.8. The lowest BCUT2D eigenvalue weighted by Crippen LogP contribution is -2.44. The fourth-order valence-corrected chi connectivity index (χ4v) is 11.6. The fraction of sp³-hybridized carbons (Fsp3) is 0.328. The van der Waals surface area contributed by atoms with Gasteiger partial charge < -0.3 is 37.0 Å². The van der Waals surface area contributed by atoms with Crippen LogP contribution >= 0.6 is 11.6 Å². The SMILES string of the molecule is N[C@@H](CC(=O)N1CCc2c(nc(-c3ccc(Cl)cc3)nc2C(F)(F)F)C1)Cc1cc(F)ccc1F.N[C@@H](CC(=O)N1CCc2cnc(C(F)(F)F)nc2C1)Cc1cc(F)ccc1O.N[C@@H](CC(=O)N1CCc2cnc(C(F)(F)F)nc2C1Cc1ccccc1)Cc1cc(F)c(F)cc1F. The largest absolute Gasteiger partial charge is 0.508 e. The van der Waals surface area contributed by atoms with E-state index < -0.39 is 107 Å². The van der Waals surface area contributed by atoms with Gasteiger partial charge in [0.15, 0.2) is 23.2 Å². The number of nitrogens with two attached hydrogens (primary N) is 3. The Balaban J connectivity index is 0.000000175. The number of benzene rings is 5. The van der Waals surface area contributed by atoms with Gasteiger partial charge in [-0.3, -0.25) is 14.4 Å². The van der Waals surface area contributed by atoms with Crippen LogP contribution < -0.4 is 17.2 Å². The van der Waals surface area contributed by atoms with Gasteiger partial charge in [0.2, 0.25) is 29.4 Å². The smallest absolute Gasteiger partial charge is 0.451 e. The number of phenols is 1. The summed E-state index contributed by atoms with van der Waals surface area (Å²) >= 11 is 5.87. The molecule has 6 heterocycles. The van der Waals surface area contributed by atoms with Crippen molar-refractivity contribution in [3.05, 3.63) is 229 Å². The third-order valence-corrected chi connectivity index (χ3v) is 16.5. The summed E-state index contributed by atoms with van der Waals surface area (Å²) in [5, 5.41) is 10.2. The normalized spacial score (nSPS) is 15.5. The van der Waals surface area contributed by atoms with Crippen molar-refractivity contribution in [1.29, 1.82) is 0 Å². The number of amides is 3. The molecule has 0 spiro atoms. The Labute approximate surface area is 560 Å². The van der Waals surface area contributed by atoms with Gasteiger partial charge in [-0.25, -0.2) is 56.2 Å². The van der Waals surface area contributed by atoms with Crippen LogP contribution in [0.2, 0.25) is 5.02 Å². The van der Waals surface area contributed by atoms with Crippen molar-refractivity contribution in [3.8, 4) is 17.1 Å². The molecule has 1 unspecified atom stereocenters. The highest BCUT2D eigenvalue weighted by molar-refractivity contribution is 6.30. The van der Waals surface area contributed by atoms with E-state index in [0.717, 1.165) is 48.3 Å². The number of carbonyl (C=O) groups is 3. The zero-order valence-corrected chi connectivity index (χ0v) is 52.6. The molecule has 3 aliphatic heterocycles. The summed E-state index contributed by atoms with van der Waals surface area (Å²) in [6.45, 7) is 0.335. The lowest BCUT2D eigenvalue weighted by atomic mass is 9.92. The number of carbonyl (C=O) groups excluding carboxylic acids is 3. The molecule has 99 heavy (non-hydrogen) atoms. The number of halogens is 16. The summed E-state index contributed by atoms with van der Waals surface area (Å²) < 4.78 is 201. The second-order valence-electron chi connectivity index (χ2n) is 23.6. The third kappa shape index (κ3) is 19.3. The molecule has 0 saturated heterocycles. The van der Waals surface area contributed by atoms with Crippen molar-refractivity contribution >= 4 is 29.3 Å². The highest BCUT2D eigenvalue weighted by Crippen LogP contribution is 2.38. The van der Waals surface area contributed by atoms with Gasteiger partial charge in [0.1, 0.15) is 29.0 Å². The Morgan fingerprint density at radius 2 is 1.06 bits per heavy atom. The van der Waals surface area contributed by atoms with Crippen LogP contribution in [0.15, 0.2) is 116 Å². The summed E-state index contributed by atoms with van der Waals surface area (Å²) in [4.78, 5) is 64.9. The molecule has 16 nitrogen and oxygen atoms in total. The average Bonchev–Trinajstić information content (AvgIpc) is 0.726. The minimum absolute atomic E-state index is 0.0274. The van der Waals surface area contributed by atoms with Gasteiger partial charge in [-0.1, -0.05) is 41.9 Å². The molecular weight excluding hydrogens is 1360 g/mol. The Morgan fingerprint density at radius 3 is 1.68 bits per heavy atom. The number of phenolic OH excluding ortho intramolecular Hbond substituents is 1. The number of alkyl halides is 9. The topological polar surface area (TPSA) is 237 Å². The molecule has 3 aliphatic rings. The Hall–Kier alpha value is -9.33. The van der Waals surface area contributed by atoms with Crippen LogP contribution in [0.4, 0.5) is 65.9 Å². The third-order valence-electron chi connectivity index (χ3n) is 16.3. The predicted octanol–water partition coefficient (Wildman–Crippen LogP) is 11.7. The molecule has 0 fully saturated rings. The monoisotopic (exact) mass is 1420 g/mol. The van der Waals surface area contributed by atoms with Crippen LogP contribution in [0.25, 0.3) is 11.4 Å². The molecule has 11 rings (SSSR count). The molecule has 0 radical (unpaired) electrons. The van der Waals surface area contributed by atoms with Crippen LogP contribution in [0.1, 0.15) is 98.7 Å². The zero-order valence-electron chi connectivity index (χ0n) is 51.9. The van der Waals surface area contributed by atoms with E-state index in [2.05, 4.69) is 29.9 Å². The quantitative estimate of drug-likeness (QED) is 0.0553. The molecule has 32 heteroatoms. The first-order valence-corrected chi connectivity index (χ1v) is 30.8. The number of nitrogens with zero attached hydrogens (tertiary/aromatic N) is 9. The Kier molecular flexibility index (Phi) is 23.3. The maximum atomic E-state index is 14.0. The lowest BCUT2D eigenvalue weighted by molar-refractivity contribution is -0.146. The summed E-state index contributed by atoms with van der Waals surface area (Å²) in [7, 11) is 0. The number of hydrogen-bond donors (Lipinski definition) is 4. The number of rotatable bonds is 15. The molecule has 0 bridgehead atoms. The van der Waals surface area contributed by atoms with E-state index in [1.165, 1.54) is 45.0 Å². The van der Waals surface area contributed by atoms with Crippen LogP contribution in [0, 0.1) is 34.9 Å². The van der Waals surface area contributed by atoms with Crippen molar-refractivity contribution in [2.24, 2.45) is 17.2 Å². The molecule has 3 aromatic heterocycles. The van der Waals surface area contributed by atoms with Gasteiger partial charge in [-0.05, 0) is 145 Å². The van der Waals surface area contributed by atoms with E-state index in [9.17, 15) is 85.3 Å². The summed E-state index contributed by atoms with van der Waals surface area (Å²) in [6, 6.07) is 19.3. The summed E-state index contributed by atoms with van der Waals surface area (Å²) in [6.07, 6.45) is -11.9. The molecule has 7 N–H and O–H groups in total. The molecule has 0 aliphatic carbocycles. The van der Waals surface area contributed by atoms with Crippen molar-refractivity contribution in [2.75, 3.05) is 19.6 Å². The second-order valence-corrected chi connectivity index (χ2v) is 24.1. The highest BCUT2D eigenvalue weighted by atomic mass is 35.5. The minimum atomic E-state index is -4.75. The number of fused-ring (bicyclic) bond motifs is 3. The summed E-state index contributed by atoms with van der Waals surface area (Å²) in [5.74, 6) is -9.34. The second kappa shape index (κ2) is 31.3. The number of hydrogen-bond acceptors (Lipinski definition) is 13. The Morgan fingerprint density at radius 1 is 0.535 bits per heavy atom. The van der Waals surface area contributed by atoms with Gasteiger partial charge in [0.05, 0.1) is 36.2 Å². The molecule has 8 aromatic rings. The van der Waals surface area contributed by atoms with E-state index in [4.69, 9.17) is 28.8 Å². The predicted molar refractivity (Wildman–Crippen MR) is 328 cm³/mol. The van der Waals surface area contributed by atoms with E-state index in [0.29, 0.717) is 46.8 Å². The van der Waals surface area contributed by atoms with Crippen molar-refractivity contribution in [2.45, 2.75) is 120 Å².